The summed E-state index contributed by atoms with van der Waals surface area (Å²) in [4.78, 5) is 11.7. The van der Waals surface area contributed by atoms with Crippen molar-refractivity contribution in [2.45, 2.75) is 25.5 Å². The number of aliphatic hydroxyl groups is 1. The average Bonchev–Trinajstić information content (AvgIpc) is 2.36. The molecule has 17 heavy (non-hydrogen) atoms. The minimum absolute atomic E-state index is 0.114. The number of hydrogen-bond donors (Lipinski definition) is 2. The van der Waals surface area contributed by atoms with Crippen LogP contribution in [0.5, 0.6) is 0 Å². The van der Waals surface area contributed by atoms with E-state index in [0.29, 0.717) is 6.42 Å². The fourth-order valence-electron chi connectivity index (χ4n) is 1.52. The third-order valence-corrected chi connectivity index (χ3v) is 2.59. The van der Waals surface area contributed by atoms with E-state index in [4.69, 9.17) is 4.74 Å². The lowest BCUT2D eigenvalue weighted by atomic mass is 10.1. The molecule has 0 spiro atoms. The van der Waals surface area contributed by atoms with Crippen LogP contribution in [-0.2, 0) is 9.53 Å². The third-order valence-electron chi connectivity index (χ3n) is 2.59. The van der Waals surface area contributed by atoms with E-state index in [1.54, 1.807) is 7.11 Å². The van der Waals surface area contributed by atoms with Gasteiger partial charge in [-0.15, -0.1) is 0 Å². The van der Waals surface area contributed by atoms with Crippen molar-refractivity contribution in [2.75, 3.05) is 13.7 Å². The highest BCUT2D eigenvalue weighted by Crippen LogP contribution is 2.12. The molecule has 0 aliphatic carbocycles. The highest BCUT2D eigenvalue weighted by molar-refractivity contribution is 5.76. The maximum atomic E-state index is 11.7. The van der Waals surface area contributed by atoms with Gasteiger partial charge in [-0.25, -0.2) is 0 Å². The van der Waals surface area contributed by atoms with E-state index in [1.807, 2.05) is 37.3 Å². The van der Waals surface area contributed by atoms with Gasteiger partial charge in [0, 0.05) is 7.11 Å². The summed E-state index contributed by atoms with van der Waals surface area (Å²) in [7, 11) is 1.57. The van der Waals surface area contributed by atoms with Crippen LogP contribution in [0.3, 0.4) is 0 Å². The number of carbonyl (C=O) groups is 1. The summed E-state index contributed by atoms with van der Waals surface area (Å²) in [5, 5.41) is 12.1. The largest absolute Gasteiger partial charge is 0.394 e. The van der Waals surface area contributed by atoms with Crippen molar-refractivity contribution < 1.29 is 14.6 Å². The van der Waals surface area contributed by atoms with Gasteiger partial charge in [0.05, 0.1) is 25.2 Å². The maximum absolute atomic E-state index is 11.7. The van der Waals surface area contributed by atoms with Crippen LogP contribution in [0.25, 0.3) is 0 Å². The SMILES string of the molecule is COC(C)CC(=O)NC(CO)c1ccccc1. The number of methoxy groups -OCH3 is 1. The Morgan fingerprint density at radius 1 is 1.41 bits per heavy atom. The van der Waals surface area contributed by atoms with Crippen molar-refractivity contribution in [1.29, 1.82) is 0 Å². The molecule has 2 atom stereocenters. The van der Waals surface area contributed by atoms with Crippen LogP contribution in [0.2, 0.25) is 0 Å². The molecule has 94 valence electrons. The summed E-state index contributed by atoms with van der Waals surface area (Å²) in [6.07, 6.45) is 0.171. The lowest BCUT2D eigenvalue weighted by Crippen LogP contribution is -2.32. The molecule has 0 aliphatic heterocycles. The number of aliphatic hydroxyl groups excluding tert-OH is 1. The Kier molecular flexibility index (Phi) is 5.66. The molecule has 0 radical (unpaired) electrons. The van der Waals surface area contributed by atoms with Gasteiger partial charge in [0.25, 0.3) is 0 Å². The van der Waals surface area contributed by atoms with E-state index in [1.165, 1.54) is 0 Å². The van der Waals surface area contributed by atoms with Gasteiger partial charge in [-0.05, 0) is 12.5 Å². The van der Waals surface area contributed by atoms with Crippen molar-refractivity contribution in [3.05, 3.63) is 35.9 Å². The fraction of sp³-hybridized carbons (Fsp3) is 0.462. The summed E-state index contributed by atoms with van der Waals surface area (Å²) in [5.41, 5.74) is 0.897. The summed E-state index contributed by atoms with van der Waals surface area (Å²) < 4.78 is 5.02. The Hall–Kier alpha value is -1.39. The van der Waals surface area contributed by atoms with Gasteiger partial charge in [0.1, 0.15) is 0 Å². The molecule has 0 heterocycles. The van der Waals surface area contributed by atoms with E-state index >= 15 is 0 Å². The first kappa shape index (κ1) is 13.7. The minimum Gasteiger partial charge on any atom is -0.394 e. The standard InChI is InChI=1S/C13H19NO3/c1-10(17-2)8-13(16)14-12(9-15)11-6-4-3-5-7-11/h3-7,10,12,15H,8-9H2,1-2H3,(H,14,16). The average molecular weight is 237 g/mol. The molecule has 2 N–H and O–H groups in total. The Morgan fingerprint density at radius 2 is 2.06 bits per heavy atom. The molecule has 2 unspecified atom stereocenters. The summed E-state index contributed by atoms with van der Waals surface area (Å²) in [5.74, 6) is -0.123. The van der Waals surface area contributed by atoms with Crippen LogP contribution in [0.4, 0.5) is 0 Å². The van der Waals surface area contributed by atoms with Crippen molar-refractivity contribution in [1.82, 2.24) is 5.32 Å². The summed E-state index contributed by atoms with van der Waals surface area (Å²) in [6, 6.07) is 9.05. The molecule has 4 heteroatoms. The van der Waals surface area contributed by atoms with Gasteiger partial charge >= 0.3 is 0 Å². The number of benzene rings is 1. The van der Waals surface area contributed by atoms with Gasteiger partial charge in [0.2, 0.25) is 5.91 Å². The molecular weight excluding hydrogens is 218 g/mol. The number of nitrogens with one attached hydrogen (secondary N) is 1. The van der Waals surface area contributed by atoms with Crippen molar-refractivity contribution in [3.8, 4) is 0 Å². The summed E-state index contributed by atoms with van der Waals surface area (Å²) in [6.45, 7) is 1.72. The Bertz CT molecular complexity index is 340. The number of amides is 1. The zero-order valence-corrected chi connectivity index (χ0v) is 10.2. The van der Waals surface area contributed by atoms with Gasteiger partial charge in [-0.3, -0.25) is 4.79 Å². The van der Waals surface area contributed by atoms with Crippen molar-refractivity contribution in [2.24, 2.45) is 0 Å². The van der Waals surface area contributed by atoms with Gasteiger partial charge in [0.15, 0.2) is 0 Å². The molecule has 1 aromatic carbocycles. The highest BCUT2D eigenvalue weighted by atomic mass is 16.5. The molecule has 0 aliphatic rings. The van der Waals surface area contributed by atoms with E-state index in [-0.39, 0.29) is 24.7 Å². The van der Waals surface area contributed by atoms with E-state index < -0.39 is 0 Å². The predicted molar refractivity (Wildman–Crippen MR) is 65.5 cm³/mol. The smallest absolute Gasteiger partial charge is 0.223 e. The van der Waals surface area contributed by atoms with E-state index in [0.717, 1.165) is 5.56 Å². The Labute approximate surface area is 102 Å². The van der Waals surface area contributed by atoms with Crippen LogP contribution in [-0.4, -0.2) is 30.8 Å². The molecule has 0 fully saturated rings. The topological polar surface area (TPSA) is 58.6 Å². The molecule has 1 rings (SSSR count). The van der Waals surface area contributed by atoms with Crippen LogP contribution < -0.4 is 5.32 Å². The van der Waals surface area contributed by atoms with Crippen LogP contribution in [0.15, 0.2) is 30.3 Å². The van der Waals surface area contributed by atoms with Crippen molar-refractivity contribution in [3.63, 3.8) is 0 Å². The zero-order chi connectivity index (χ0) is 12.7. The number of carbonyl (C=O) groups excluding carboxylic acids is 1. The molecule has 1 amide bonds. The number of hydrogen-bond acceptors (Lipinski definition) is 3. The molecule has 0 saturated carbocycles. The Morgan fingerprint density at radius 3 is 2.59 bits per heavy atom. The van der Waals surface area contributed by atoms with E-state index in [9.17, 15) is 9.90 Å². The molecular formula is C13H19NO3. The van der Waals surface area contributed by atoms with Gasteiger partial charge in [-0.2, -0.15) is 0 Å². The predicted octanol–water partition coefficient (Wildman–Crippen LogP) is 1.26. The molecule has 0 saturated heterocycles. The normalized spacial score (nSPS) is 14.1. The molecule has 0 bridgehead atoms. The van der Waals surface area contributed by atoms with Crippen LogP contribution in [0.1, 0.15) is 24.9 Å². The first-order chi connectivity index (χ1) is 8.17. The van der Waals surface area contributed by atoms with Crippen LogP contribution >= 0.6 is 0 Å². The molecule has 1 aromatic rings. The lowest BCUT2D eigenvalue weighted by molar-refractivity contribution is -0.124. The van der Waals surface area contributed by atoms with Gasteiger partial charge in [-0.1, -0.05) is 30.3 Å². The Balaban J connectivity index is 2.56. The lowest BCUT2D eigenvalue weighted by Gasteiger charge is -2.18. The van der Waals surface area contributed by atoms with Crippen LogP contribution in [0, 0.1) is 0 Å². The first-order valence-corrected chi connectivity index (χ1v) is 5.65. The van der Waals surface area contributed by atoms with Crippen molar-refractivity contribution >= 4 is 5.91 Å². The monoisotopic (exact) mass is 237 g/mol. The third kappa shape index (κ3) is 4.54. The second-order valence-electron chi connectivity index (χ2n) is 3.96. The van der Waals surface area contributed by atoms with Gasteiger partial charge < -0.3 is 15.2 Å². The number of ether oxygens (including phenoxy) is 1. The zero-order valence-electron chi connectivity index (χ0n) is 10.2. The molecule has 0 aromatic heterocycles. The molecule has 4 nitrogen and oxygen atoms in total. The summed E-state index contributed by atoms with van der Waals surface area (Å²) >= 11 is 0. The first-order valence-electron chi connectivity index (χ1n) is 5.65. The maximum Gasteiger partial charge on any atom is 0.223 e. The second-order valence-corrected chi connectivity index (χ2v) is 3.96. The highest BCUT2D eigenvalue weighted by Gasteiger charge is 2.15. The fourth-order valence-corrected chi connectivity index (χ4v) is 1.52. The number of rotatable bonds is 6. The minimum atomic E-state index is -0.354. The quantitative estimate of drug-likeness (QED) is 0.783. The van der Waals surface area contributed by atoms with E-state index in [2.05, 4.69) is 5.32 Å². The second kappa shape index (κ2) is 7.04.